The van der Waals surface area contributed by atoms with Crippen LogP contribution in [0.5, 0.6) is 0 Å². The van der Waals surface area contributed by atoms with Crippen molar-refractivity contribution in [1.82, 2.24) is 15.0 Å². The number of hydrazone groups is 1. The number of hydrogen-bond donors (Lipinski definition) is 1. The maximum Gasteiger partial charge on any atom is 0.244 e. The van der Waals surface area contributed by atoms with E-state index in [2.05, 4.69) is 20.5 Å². The summed E-state index contributed by atoms with van der Waals surface area (Å²) in [4.78, 5) is 13.6. The molecule has 0 fully saturated rings. The molecular weight excluding hydrogens is 358 g/mol. The minimum Gasteiger partial charge on any atom is -0.256 e. The van der Waals surface area contributed by atoms with Crippen LogP contribution in [0.4, 0.5) is 5.95 Å². The van der Waals surface area contributed by atoms with Crippen molar-refractivity contribution in [3.63, 3.8) is 0 Å². The summed E-state index contributed by atoms with van der Waals surface area (Å²) in [6.45, 7) is 0. The predicted octanol–water partition coefficient (Wildman–Crippen LogP) is 5.29. The molecule has 0 unspecified atom stereocenters. The monoisotopic (exact) mass is 375 g/mol. The number of pyridine rings is 1. The Morgan fingerprint density at radius 3 is 2.55 bits per heavy atom. The second kappa shape index (κ2) is 7.48. The van der Waals surface area contributed by atoms with E-state index in [-0.39, 0.29) is 0 Å². The lowest BCUT2D eigenvalue weighted by molar-refractivity contribution is 1.16. The van der Waals surface area contributed by atoms with Crippen molar-refractivity contribution in [2.24, 2.45) is 5.10 Å². The fourth-order valence-corrected chi connectivity index (χ4v) is 3.28. The smallest absolute Gasteiger partial charge is 0.244 e. The van der Waals surface area contributed by atoms with Gasteiger partial charge in [-0.1, -0.05) is 60.7 Å². The van der Waals surface area contributed by atoms with Gasteiger partial charge in [0.25, 0.3) is 0 Å². The molecule has 5 nitrogen and oxygen atoms in total. The molecule has 0 spiro atoms. The van der Waals surface area contributed by atoms with Crippen molar-refractivity contribution in [2.45, 2.75) is 0 Å². The van der Waals surface area contributed by atoms with Crippen molar-refractivity contribution in [3.05, 3.63) is 96.7 Å². The average molecular weight is 375 g/mol. The zero-order chi connectivity index (χ0) is 19.5. The molecule has 0 saturated heterocycles. The third kappa shape index (κ3) is 3.53. The molecule has 1 N–H and O–H groups in total. The maximum absolute atomic E-state index is 4.71. The van der Waals surface area contributed by atoms with Crippen LogP contribution in [0.15, 0.2) is 96.2 Å². The Morgan fingerprint density at radius 1 is 0.759 bits per heavy atom. The summed E-state index contributed by atoms with van der Waals surface area (Å²) < 4.78 is 0. The minimum absolute atomic E-state index is 0.459. The van der Waals surface area contributed by atoms with E-state index < -0.39 is 0 Å². The summed E-state index contributed by atoms with van der Waals surface area (Å²) in [5, 5.41) is 6.42. The first-order chi connectivity index (χ1) is 14.4. The van der Waals surface area contributed by atoms with E-state index in [9.17, 15) is 0 Å². The highest BCUT2D eigenvalue weighted by atomic mass is 15.3. The van der Waals surface area contributed by atoms with Gasteiger partial charge in [-0.2, -0.15) is 5.10 Å². The standard InChI is InChI=1S/C24H17N5/c1-2-7-18(8-3-1)23-20-10-4-5-11-22(20)27-24(28-23)29-26-16-17-12-13-21-19(15-17)9-6-14-25-21/h1-16H,(H,27,28,29)/b26-16-. The minimum atomic E-state index is 0.459. The van der Waals surface area contributed by atoms with Crippen molar-refractivity contribution < 1.29 is 0 Å². The van der Waals surface area contributed by atoms with Crippen LogP contribution in [-0.2, 0) is 0 Å². The molecule has 2 heterocycles. The topological polar surface area (TPSA) is 63.1 Å². The molecule has 5 heteroatoms. The van der Waals surface area contributed by atoms with Gasteiger partial charge in [0.2, 0.25) is 5.95 Å². The molecule has 138 valence electrons. The largest absolute Gasteiger partial charge is 0.256 e. The van der Waals surface area contributed by atoms with Crippen molar-refractivity contribution >= 4 is 34.0 Å². The number of fused-ring (bicyclic) bond motifs is 2. The van der Waals surface area contributed by atoms with Gasteiger partial charge < -0.3 is 0 Å². The molecule has 5 rings (SSSR count). The third-order valence-corrected chi connectivity index (χ3v) is 4.66. The lowest BCUT2D eigenvalue weighted by Crippen LogP contribution is -1.99. The van der Waals surface area contributed by atoms with Crippen molar-refractivity contribution in [2.75, 3.05) is 5.43 Å². The second-order valence-electron chi connectivity index (χ2n) is 6.60. The van der Waals surface area contributed by atoms with Crippen molar-refractivity contribution in [1.29, 1.82) is 0 Å². The first kappa shape index (κ1) is 17.0. The number of rotatable bonds is 4. The Bertz CT molecular complexity index is 1330. The predicted molar refractivity (Wildman–Crippen MR) is 118 cm³/mol. The van der Waals surface area contributed by atoms with Gasteiger partial charge in [0.15, 0.2) is 0 Å². The van der Waals surface area contributed by atoms with E-state index in [1.165, 1.54) is 0 Å². The molecule has 0 aliphatic heterocycles. The highest BCUT2D eigenvalue weighted by Crippen LogP contribution is 2.27. The Labute approximate surface area is 167 Å². The second-order valence-corrected chi connectivity index (χ2v) is 6.60. The zero-order valence-corrected chi connectivity index (χ0v) is 15.5. The summed E-state index contributed by atoms with van der Waals surface area (Å²) in [5.74, 6) is 0.459. The fourth-order valence-electron chi connectivity index (χ4n) is 3.28. The molecule has 0 atom stereocenters. The van der Waals surface area contributed by atoms with Crippen LogP contribution >= 0.6 is 0 Å². The Kier molecular flexibility index (Phi) is 4.39. The Hall–Kier alpha value is -4.12. The Morgan fingerprint density at radius 2 is 1.62 bits per heavy atom. The molecule has 0 aliphatic rings. The van der Waals surface area contributed by atoms with Crippen LogP contribution in [-0.4, -0.2) is 21.2 Å². The van der Waals surface area contributed by atoms with Crippen LogP contribution in [0, 0.1) is 0 Å². The average Bonchev–Trinajstić information content (AvgIpc) is 2.79. The molecule has 29 heavy (non-hydrogen) atoms. The van der Waals surface area contributed by atoms with Crippen molar-refractivity contribution in [3.8, 4) is 11.3 Å². The van der Waals surface area contributed by atoms with E-state index in [0.717, 1.165) is 38.6 Å². The van der Waals surface area contributed by atoms with E-state index >= 15 is 0 Å². The highest BCUT2D eigenvalue weighted by molar-refractivity contribution is 5.93. The molecule has 5 aromatic rings. The number of hydrogen-bond acceptors (Lipinski definition) is 5. The summed E-state index contributed by atoms with van der Waals surface area (Å²) in [6.07, 6.45) is 3.55. The highest BCUT2D eigenvalue weighted by Gasteiger charge is 2.09. The summed E-state index contributed by atoms with van der Waals surface area (Å²) >= 11 is 0. The van der Waals surface area contributed by atoms with Gasteiger partial charge in [-0.3, -0.25) is 4.98 Å². The molecule has 3 aromatic carbocycles. The van der Waals surface area contributed by atoms with Gasteiger partial charge in [-0.15, -0.1) is 0 Å². The summed E-state index contributed by atoms with van der Waals surface area (Å²) in [7, 11) is 0. The number of para-hydroxylation sites is 1. The molecule has 2 aromatic heterocycles. The zero-order valence-electron chi connectivity index (χ0n) is 15.5. The Balaban J connectivity index is 1.47. The van der Waals surface area contributed by atoms with Gasteiger partial charge in [-0.05, 0) is 29.8 Å². The van der Waals surface area contributed by atoms with Gasteiger partial charge >= 0.3 is 0 Å². The number of anilines is 1. The fraction of sp³-hybridized carbons (Fsp3) is 0. The molecular formula is C24H17N5. The van der Waals surface area contributed by atoms with E-state index in [1.54, 1.807) is 12.4 Å². The summed E-state index contributed by atoms with van der Waals surface area (Å²) in [5.41, 5.74) is 7.70. The first-order valence-electron chi connectivity index (χ1n) is 9.33. The molecule has 0 saturated carbocycles. The van der Waals surface area contributed by atoms with Crippen LogP contribution in [0.1, 0.15) is 5.56 Å². The first-order valence-corrected chi connectivity index (χ1v) is 9.33. The normalized spacial score (nSPS) is 11.3. The van der Waals surface area contributed by atoms with Crippen LogP contribution in [0.2, 0.25) is 0 Å². The van der Waals surface area contributed by atoms with Gasteiger partial charge in [0.05, 0.1) is 22.9 Å². The molecule has 0 aliphatic carbocycles. The third-order valence-electron chi connectivity index (χ3n) is 4.66. The molecule has 0 radical (unpaired) electrons. The van der Waals surface area contributed by atoms with Crippen LogP contribution < -0.4 is 5.43 Å². The number of aromatic nitrogens is 3. The van der Waals surface area contributed by atoms with Gasteiger partial charge in [-0.25, -0.2) is 15.4 Å². The molecule has 0 bridgehead atoms. The van der Waals surface area contributed by atoms with Crippen LogP contribution in [0.25, 0.3) is 33.1 Å². The quantitative estimate of drug-likeness (QED) is 0.342. The maximum atomic E-state index is 4.71. The van der Waals surface area contributed by atoms with E-state index in [0.29, 0.717) is 5.95 Å². The summed E-state index contributed by atoms with van der Waals surface area (Å²) in [6, 6.07) is 28.1. The van der Waals surface area contributed by atoms with Crippen LogP contribution in [0.3, 0.4) is 0 Å². The molecule has 0 amide bonds. The number of benzene rings is 3. The number of nitrogens with zero attached hydrogens (tertiary/aromatic N) is 4. The van der Waals surface area contributed by atoms with Gasteiger partial charge in [0.1, 0.15) is 0 Å². The number of nitrogens with one attached hydrogen (secondary N) is 1. The van der Waals surface area contributed by atoms with Gasteiger partial charge in [0, 0.05) is 22.5 Å². The SMILES string of the molecule is C(=N/Nc1nc(-c2ccccc2)c2ccccc2n1)/c1ccc2ncccc2c1. The lowest BCUT2D eigenvalue weighted by Gasteiger charge is -2.08. The lowest BCUT2D eigenvalue weighted by atomic mass is 10.1. The van der Waals surface area contributed by atoms with E-state index in [4.69, 9.17) is 4.98 Å². The van der Waals surface area contributed by atoms with E-state index in [1.807, 2.05) is 84.9 Å².